The molecule has 0 spiro atoms. The standard InChI is InChI=1S/C73H108N32O2/c1-7-8-18-26-75-57-80-62(95-30-28-74-29-31-95)90-63(81-57)96-32-34-98(35-33-96)66-84-59(77-52-53(2)3)85-67(92-66)99-38-42-101(43-39-99)69-87-61(79-56-23-16-11-17-24-56)89-71(94-69)103-46-44-102(45-47-103)70-88-60(78-55-21-14-10-15-22-55)86-68(93-70)100-40-36-97(37-41-100)64-82-58(76-27-25-54-19-12-9-13-20-54)83-65(91-64)104-48-50-105(51-49-104)72(106)107-73(4,5)6/h9-10,12-15,19-22,53,56,74H,7-8,11,16-18,23-52H2,1-6H3,(H,75,80,81,90)(H,76,82,83,91)(H,77,84,85,92)(H,78,86,88,93)(H,79,87,89,94). The van der Waals surface area contributed by atoms with Gasteiger partial charge in [0.2, 0.25) is 89.2 Å². The van der Waals surface area contributed by atoms with Crippen molar-refractivity contribution in [1.82, 2.24) is 85.0 Å². The van der Waals surface area contributed by atoms with Crippen LogP contribution in [0, 0.1) is 5.92 Å². The highest BCUT2D eigenvalue weighted by Gasteiger charge is 2.33. The number of ether oxygens (including phenoxy) is 1. The zero-order valence-corrected chi connectivity index (χ0v) is 63.3. The third kappa shape index (κ3) is 19.9. The number of aromatic nitrogens is 15. The number of piperazine rings is 6. The summed E-state index contributed by atoms with van der Waals surface area (Å²) >= 11 is 0. The van der Waals surface area contributed by atoms with E-state index in [1.807, 2.05) is 57.2 Å². The maximum absolute atomic E-state index is 13.0. The lowest BCUT2D eigenvalue weighted by Crippen LogP contribution is -2.51. The maximum atomic E-state index is 13.0. The van der Waals surface area contributed by atoms with E-state index in [9.17, 15) is 4.79 Å². The normalized spacial score (nSPS) is 18.0. The van der Waals surface area contributed by atoms with Crippen LogP contribution >= 0.6 is 0 Å². The van der Waals surface area contributed by atoms with Crippen molar-refractivity contribution in [3.05, 3.63) is 66.2 Å². The fraction of sp³-hybridized carbons (Fsp3) is 0.616. The van der Waals surface area contributed by atoms with Crippen molar-refractivity contribution < 1.29 is 9.53 Å². The number of benzene rings is 2. The van der Waals surface area contributed by atoms with Gasteiger partial charge in [-0.1, -0.05) is 101 Å². The minimum Gasteiger partial charge on any atom is -0.444 e. The third-order valence-electron chi connectivity index (χ3n) is 20.3. The van der Waals surface area contributed by atoms with E-state index in [-0.39, 0.29) is 6.09 Å². The summed E-state index contributed by atoms with van der Waals surface area (Å²) in [5.74, 6) is 9.57. The summed E-state index contributed by atoms with van der Waals surface area (Å²) < 4.78 is 5.71. The molecule has 7 fully saturated rings. The van der Waals surface area contributed by atoms with Gasteiger partial charge in [-0.25, -0.2) is 4.79 Å². The molecule has 6 saturated heterocycles. The summed E-state index contributed by atoms with van der Waals surface area (Å²) in [7, 11) is 0. The van der Waals surface area contributed by atoms with Gasteiger partial charge in [-0.2, -0.15) is 74.8 Å². The molecule has 572 valence electrons. The lowest BCUT2D eigenvalue weighted by Gasteiger charge is -2.38. The molecule has 11 heterocycles. The highest BCUT2D eigenvalue weighted by molar-refractivity contribution is 5.69. The van der Waals surface area contributed by atoms with Crippen molar-refractivity contribution in [3.8, 4) is 0 Å². The van der Waals surface area contributed by atoms with Crippen LogP contribution in [0.4, 0.5) is 99.7 Å². The molecule has 0 radical (unpaired) electrons. The van der Waals surface area contributed by atoms with E-state index >= 15 is 0 Å². The van der Waals surface area contributed by atoms with Gasteiger partial charge in [-0.15, -0.1) is 0 Å². The van der Waals surface area contributed by atoms with Crippen LogP contribution in [0.3, 0.4) is 0 Å². The fourth-order valence-corrected chi connectivity index (χ4v) is 14.2. The first-order chi connectivity index (χ1) is 52.2. The monoisotopic (exact) mass is 1460 g/mol. The Morgan fingerprint density at radius 3 is 1.18 bits per heavy atom. The second-order valence-electron chi connectivity index (χ2n) is 29.9. The summed E-state index contributed by atoms with van der Waals surface area (Å²) in [5.41, 5.74) is 1.52. The molecule has 0 unspecified atom stereocenters. The Kier molecular flexibility index (Phi) is 24.1. The smallest absolute Gasteiger partial charge is 0.410 e. The van der Waals surface area contributed by atoms with E-state index in [1.54, 1.807) is 4.90 Å². The predicted octanol–water partition coefficient (Wildman–Crippen LogP) is 6.20. The number of amides is 1. The number of unbranched alkanes of at least 4 members (excludes halogenated alkanes) is 2. The molecule has 34 heteroatoms. The Morgan fingerprint density at radius 1 is 0.430 bits per heavy atom. The van der Waals surface area contributed by atoms with Crippen LogP contribution in [0.2, 0.25) is 0 Å². The molecule has 7 aromatic rings. The van der Waals surface area contributed by atoms with E-state index in [2.05, 4.69) is 126 Å². The summed E-state index contributed by atoms with van der Waals surface area (Å²) in [6, 6.07) is 20.7. The Hall–Kier alpha value is -10.3. The van der Waals surface area contributed by atoms with E-state index < -0.39 is 5.60 Å². The molecular formula is C73H108N32O2. The molecule has 2 aromatic carbocycles. The average molecular weight is 1470 g/mol. The summed E-state index contributed by atoms with van der Waals surface area (Å²) in [5, 5.41) is 21.2. The van der Waals surface area contributed by atoms with Gasteiger partial charge in [0.25, 0.3) is 0 Å². The molecule has 14 rings (SSSR count). The quantitative estimate of drug-likeness (QED) is 0.0329. The van der Waals surface area contributed by atoms with Crippen LogP contribution in [-0.4, -0.2) is 274 Å². The fourth-order valence-electron chi connectivity index (χ4n) is 14.2. The van der Waals surface area contributed by atoms with Gasteiger partial charge in [0.15, 0.2) is 0 Å². The second kappa shape index (κ2) is 35.0. The zero-order chi connectivity index (χ0) is 73.5. The molecule has 34 nitrogen and oxygen atoms in total. The van der Waals surface area contributed by atoms with Crippen LogP contribution < -0.4 is 80.9 Å². The molecule has 5 aromatic heterocycles. The number of hydrogen-bond donors (Lipinski definition) is 6. The van der Waals surface area contributed by atoms with Crippen molar-refractivity contribution in [2.75, 3.05) is 252 Å². The van der Waals surface area contributed by atoms with E-state index in [4.69, 9.17) is 79.5 Å². The second-order valence-corrected chi connectivity index (χ2v) is 29.9. The summed E-state index contributed by atoms with van der Waals surface area (Å²) in [4.78, 5) is 114. The van der Waals surface area contributed by atoms with Crippen LogP contribution in [0.1, 0.15) is 98.5 Å². The molecule has 7 aliphatic rings. The average Bonchev–Trinajstić information content (AvgIpc) is 0.803. The molecule has 0 atom stereocenters. The Labute approximate surface area is 628 Å². The summed E-state index contributed by atoms with van der Waals surface area (Å²) in [6.45, 7) is 30.5. The topological polar surface area (TPSA) is 327 Å². The SMILES string of the molecule is CCCCCNc1nc(N2CCNCC2)nc(N2CCN(c3nc(NCC(C)C)nc(N4CCN(c5nc(NC6CCCCC6)nc(N6CCN(c7nc(Nc8ccccc8)nc(N8CCN(c9nc(NCCc%10ccccc%10)nc(N%10CCN(C(=O)OC(C)(C)C)CC%10)n9)CC8)n7)CC6)n5)CC4)n3)CC2)n1. The molecule has 1 aliphatic carbocycles. The van der Waals surface area contributed by atoms with Gasteiger partial charge < -0.3 is 90.5 Å². The largest absolute Gasteiger partial charge is 0.444 e. The first kappa shape index (κ1) is 73.6. The Morgan fingerprint density at radius 2 is 0.785 bits per heavy atom. The number of anilines is 16. The van der Waals surface area contributed by atoms with E-state index in [0.29, 0.717) is 233 Å². The van der Waals surface area contributed by atoms with Gasteiger partial charge in [0.1, 0.15) is 5.60 Å². The van der Waals surface area contributed by atoms with Gasteiger partial charge in [-0.3, -0.25) is 0 Å². The Bertz CT molecular complexity index is 3980. The Balaban J connectivity index is 0.645. The third-order valence-corrected chi connectivity index (χ3v) is 20.3. The number of carbonyl (C=O) groups is 1. The lowest BCUT2D eigenvalue weighted by atomic mass is 9.96. The number of nitrogens with zero attached hydrogens (tertiary/aromatic N) is 26. The minimum atomic E-state index is -0.580. The van der Waals surface area contributed by atoms with Crippen molar-refractivity contribution in [3.63, 3.8) is 0 Å². The molecule has 0 bridgehead atoms. The first-order valence-corrected chi connectivity index (χ1v) is 39.1. The molecule has 1 saturated carbocycles. The lowest BCUT2D eigenvalue weighted by molar-refractivity contribution is 0.0240. The van der Waals surface area contributed by atoms with Gasteiger partial charge in [-0.05, 0) is 70.1 Å². The van der Waals surface area contributed by atoms with Crippen molar-refractivity contribution >= 4 is 101 Å². The zero-order valence-electron chi connectivity index (χ0n) is 63.3. The van der Waals surface area contributed by atoms with E-state index in [0.717, 1.165) is 89.4 Å². The van der Waals surface area contributed by atoms with Gasteiger partial charge >= 0.3 is 6.09 Å². The van der Waals surface area contributed by atoms with Crippen molar-refractivity contribution in [1.29, 1.82) is 0 Å². The number of rotatable bonds is 26. The molecule has 1 amide bonds. The number of carbonyl (C=O) groups excluding carboxylic acids is 1. The highest BCUT2D eigenvalue weighted by Crippen LogP contribution is 2.30. The van der Waals surface area contributed by atoms with Crippen molar-refractivity contribution in [2.45, 2.75) is 111 Å². The van der Waals surface area contributed by atoms with Crippen LogP contribution in [0.5, 0.6) is 0 Å². The molecule has 107 heavy (non-hydrogen) atoms. The van der Waals surface area contributed by atoms with Gasteiger partial charge in [0.05, 0.1) is 0 Å². The predicted molar refractivity (Wildman–Crippen MR) is 422 cm³/mol. The van der Waals surface area contributed by atoms with Gasteiger partial charge in [0, 0.05) is 188 Å². The highest BCUT2D eigenvalue weighted by atomic mass is 16.6. The minimum absolute atomic E-state index is 0.294. The van der Waals surface area contributed by atoms with Crippen molar-refractivity contribution in [2.24, 2.45) is 5.92 Å². The molecule has 6 N–H and O–H groups in total. The summed E-state index contributed by atoms with van der Waals surface area (Å²) in [6.07, 6.45) is 9.64. The molecule has 6 aliphatic heterocycles. The molecular weight excluding hydrogens is 1360 g/mol. The van der Waals surface area contributed by atoms with Crippen LogP contribution in [0.15, 0.2) is 60.7 Å². The maximum Gasteiger partial charge on any atom is 0.410 e. The van der Waals surface area contributed by atoms with Crippen LogP contribution in [-0.2, 0) is 11.2 Å². The number of para-hydroxylation sites is 1. The van der Waals surface area contributed by atoms with E-state index in [1.165, 1.54) is 24.8 Å². The number of hydrogen-bond acceptors (Lipinski definition) is 33. The first-order valence-electron chi connectivity index (χ1n) is 39.1. The number of nitrogens with one attached hydrogen (secondary N) is 6. The van der Waals surface area contributed by atoms with Crippen LogP contribution in [0.25, 0.3) is 0 Å².